The molecule has 1 heterocycles. The van der Waals surface area contributed by atoms with Gasteiger partial charge in [0.25, 0.3) is 0 Å². The van der Waals surface area contributed by atoms with Crippen LogP contribution in [0.2, 0.25) is 0 Å². The lowest BCUT2D eigenvalue weighted by molar-refractivity contribution is 0.641. The number of nitrogens with one attached hydrogen (secondary N) is 1. The number of rotatable bonds is 6. The van der Waals surface area contributed by atoms with E-state index in [0.717, 1.165) is 45.9 Å². The van der Waals surface area contributed by atoms with E-state index in [1.165, 1.54) is 32.7 Å². The van der Waals surface area contributed by atoms with Crippen molar-refractivity contribution < 1.29 is 8.39 Å². The van der Waals surface area contributed by atoms with Gasteiger partial charge in [0, 0.05) is 17.3 Å². The lowest BCUT2D eigenvalue weighted by Gasteiger charge is -2.08. The third-order valence-corrected chi connectivity index (χ3v) is 7.87. The highest BCUT2D eigenvalue weighted by molar-refractivity contribution is 7.38. The molecule has 1 N–H and O–H groups in total. The zero-order chi connectivity index (χ0) is 25.2. The highest BCUT2D eigenvalue weighted by Crippen LogP contribution is 2.42. The third kappa shape index (κ3) is 4.87. The van der Waals surface area contributed by atoms with Gasteiger partial charge in [-0.1, -0.05) is 71.8 Å². The van der Waals surface area contributed by atoms with Crippen molar-refractivity contribution in [1.82, 2.24) is 0 Å². The Bertz CT molecular complexity index is 1580. The maximum absolute atomic E-state index is 6.67. The van der Waals surface area contributed by atoms with Gasteiger partial charge in [0.1, 0.15) is 11.2 Å². The van der Waals surface area contributed by atoms with E-state index in [1.807, 2.05) is 0 Å². The Kier molecular flexibility index (Phi) is 7.05. The normalized spacial score (nSPS) is 12.1. The van der Waals surface area contributed by atoms with Crippen LogP contribution in [-0.4, -0.2) is 6.54 Å². The summed E-state index contributed by atoms with van der Waals surface area (Å²) in [7, 11) is -1.38. The van der Waals surface area contributed by atoms with Gasteiger partial charge in [-0.3, -0.25) is 0 Å². The van der Waals surface area contributed by atoms with E-state index in [0.29, 0.717) is 6.54 Å². The average molecular weight is 496 g/mol. The summed E-state index contributed by atoms with van der Waals surface area (Å²) in [6.07, 6.45) is 6.68. The monoisotopic (exact) mass is 495 g/mol. The molecule has 0 atom stereocenters. The van der Waals surface area contributed by atoms with Gasteiger partial charge in [-0.25, -0.2) is 5.09 Å². The van der Waals surface area contributed by atoms with E-state index >= 15 is 0 Å². The molecule has 0 aliphatic heterocycles. The first kappa shape index (κ1) is 24.4. The molecule has 0 spiro atoms. The summed E-state index contributed by atoms with van der Waals surface area (Å²) in [5, 5.41) is 10.6. The molecule has 0 aliphatic carbocycles. The lowest BCUT2D eigenvalue weighted by Crippen LogP contribution is -1.94. The van der Waals surface area contributed by atoms with Gasteiger partial charge in [0.05, 0.1) is 0 Å². The van der Waals surface area contributed by atoms with E-state index in [1.54, 1.807) is 0 Å². The Labute approximate surface area is 214 Å². The Hall–Kier alpha value is -3.26. The van der Waals surface area contributed by atoms with Crippen molar-refractivity contribution in [2.45, 2.75) is 47.5 Å². The zero-order valence-corrected chi connectivity index (χ0v) is 22.7. The topological polar surface area (TPSA) is 38.3 Å². The second-order valence-corrected chi connectivity index (χ2v) is 11.1. The zero-order valence-electron chi connectivity index (χ0n) is 21.8. The first-order valence-electron chi connectivity index (χ1n) is 12.7. The van der Waals surface area contributed by atoms with E-state index in [4.69, 9.17) is 8.39 Å². The van der Waals surface area contributed by atoms with Gasteiger partial charge in [0.2, 0.25) is 0 Å². The van der Waals surface area contributed by atoms with Gasteiger partial charge < -0.3 is 8.39 Å². The van der Waals surface area contributed by atoms with Crippen LogP contribution >= 0.6 is 8.16 Å². The number of allylic oxidation sites excluding steroid dienone is 3. The molecule has 0 radical (unpaired) electrons. The summed E-state index contributed by atoms with van der Waals surface area (Å²) in [6, 6.07) is 21.6. The number of fused-ring (bicyclic) bond motifs is 7. The molecule has 0 unspecified atom stereocenters. The van der Waals surface area contributed by atoms with Crippen LogP contribution in [0, 0.1) is 13.8 Å². The van der Waals surface area contributed by atoms with Crippen molar-refractivity contribution in [3.8, 4) is 0 Å². The lowest BCUT2D eigenvalue weighted by atomic mass is 9.95. The molecule has 4 heteroatoms. The van der Waals surface area contributed by atoms with Crippen molar-refractivity contribution in [2.24, 2.45) is 0 Å². The van der Waals surface area contributed by atoms with Gasteiger partial charge in [0.15, 0.2) is 0 Å². The molecular weight excluding hydrogens is 461 g/mol. The Balaban J connectivity index is 1.73. The van der Waals surface area contributed by atoms with Crippen molar-refractivity contribution in [3.05, 3.63) is 95.1 Å². The highest BCUT2D eigenvalue weighted by atomic mass is 31.1. The fourth-order valence-corrected chi connectivity index (χ4v) is 6.11. The SMILES string of the molecule is CC(C)=CCC/C(C)=C/CNp1oc2c(C)cc3ccccc3c2c2c(o1)c(C)cc1ccccc12. The molecule has 0 fully saturated rings. The molecule has 0 saturated heterocycles. The van der Waals surface area contributed by atoms with Crippen LogP contribution in [0.25, 0.3) is 43.5 Å². The van der Waals surface area contributed by atoms with Crippen LogP contribution < -0.4 is 5.09 Å². The summed E-state index contributed by atoms with van der Waals surface area (Å²) >= 11 is 0. The standard InChI is InChI=1S/C32H34NO2P/c1-21(2)11-10-12-22(3)17-18-33-36-34-31-23(4)19-25-13-6-8-15-27(25)29(31)30-28-16-9-7-14-26(28)20-24(5)32(30)35-36/h6-9,11,13-17,19-20,33H,10,12,18H2,1-5H3/b22-17+. The second kappa shape index (κ2) is 10.4. The molecule has 0 saturated carbocycles. The van der Waals surface area contributed by atoms with Crippen LogP contribution in [0.5, 0.6) is 0 Å². The van der Waals surface area contributed by atoms with E-state index < -0.39 is 8.16 Å². The molecule has 5 aromatic rings. The van der Waals surface area contributed by atoms with Gasteiger partial charge in [-0.05, 0) is 92.3 Å². The number of hydrogen-bond acceptors (Lipinski definition) is 3. The molecule has 0 bridgehead atoms. The van der Waals surface area contributed by atoms with Crippen LogP contribution in [0.4, 0.5) is 0 Å². The summed E-state index contributed by atoms with van der Waals surface area (Å²) in [6.45, 7) is 11.5. The molecule has 3 nitrogen and oxygen atoms in total. The van der Waals surface area contributed by atoms with Crippen LogP contribution in [0.1, 0.15) is 44.7 Å². The van der Waals surface area contributed by atoms with Crippen LogP contribution in [0.3, 0.4) is 0 Å². The largest absolute Gasteiger partial charge is 0.408 e. The fourth-order valence-electron chi connectivity index (χ4n) is 4.90. The van der Waals surface area contributed by atoms with Crippen molar-refractivity contribution in [1.29, 1.82) is 0 Å². The maximum atomic E-state index is 6.67. The number of aryl methyl sites for hydroxylation is 2. The molecule has 184 valence electrons. The van der Waals surface area contributed by atoms with Gasteiger partial charge >= 0.3 is 8.16 Å². The van der Waals surface area contributed by atoms with Crippen molar-refractivity contribution >= 4 is 51.6 Å². The van der Waals surface area contributed by atoms with E-state index in [-0.39, 0.29) is 0 Å². The average Bonchev–Trinajstić information content (AvgIpc) is 3.02. The Morgan fingerprint density at radius 1 is 0.778 bits per heavy atom. The highest BCUT2D eigenvalue weighted by Gasteiger charge is 2.16. The first-order valence-corrected chi connectivity index (χ1v) is 13.8. The summed E-state index contributed by atoms with van der Waals surface area (Å²) in [5.41, 5.74) is 6.79. The summed E-state index contributed by atoms with van der Waals surface area (Å²) in [5.74, 6) is 0. The van der Waals surface area contributed by atoms with E-state index in [9.17, 15) is 0 Å². The predicted molar refractivity (Wildman–Crippen MR) is 157 cm³/mol. The smallest absolute Gasteiger partial charge is 0.307 e. The van der Waals surface area contributed by atoms with Crippen LogP contribution in [0.15, 0.2) is 92.4 Å². The van der Waals surface area contributed by atoms with Gasteiger partial charge in [-0.2, -0.15) is 0 Å². The minimum Gasteiger partial charge on any atom is -0.408 e. The summed E-state index contributed by atoms with van der Waals surface area (Å²) in [4.78, 5) is 0. The maximum Gasteiger partial charge on any atom is 0.307 e. The first-order chi connectivity index (χ1) is 17.4. The van der Waals surface area contributed by atoms with Gasteiger partial charge in [-0.15, -0.1) is 0 Å². The Morgan fingerprint density at radius 3 is 1.83 bits per heavy atom. The number of benzene rings is 4. The predicted octanol–water partition coefficient (Wildman–Crippen LogP) is 10.4. The molecule has 0 aliphatic rings. The Morgan fingerprint density at radius 2 is 1.31 bits per heavy atom. The van der Waals surface area contributed by atoms with Crippen molar-refractivity contribution in [2.75, 3.05) is 11.6 Å². The third-order valence-electron chi connectivity index (χ3n) is 6.74. The summed E-state index contributed by atoms with van der Waals surface area (Å²) < 4.78 is 13.3. The van der Waals surface area contributed by atoms with E-state index in [2.05, 4.69) is 113 Å². The number of hydrogen-bond donors (Lipinski definition) is 1. The fraction of sp³-hybridized carbons (Fsp3) is 0.250. The molecule has 1 aromatic heterocycles. The molecule has 0 amide bonds. The molecule has 4 aromatic carbocycles. The minimum atomic E-state index is -1.38. The van der Waals surface area contributed by atoms with Crippen molar-refractivity contribution in [3.63, 3.8) is 0 Å². The second-order valence-electron chi connectivity index (χ2n) is 9.91. The molecule has 36 heavy (non-hydrogen) atoms. The molecule has 5 rings (SSSR count). The molecular formula is C32H34NO2P. The quantitative estimate of drug-likeness (QED) is 0.238. The van der Waals surface area contributed by atoms with Crippen LogP contribution in [-0.2, 0) is 0 Å². The minimum absolute atomic E-state index is 0.705.